The molecule has 0 unspecified atom stereocenters. The maximum Gasteiger partial charge on any atom is 0.328 e. The lowest BCUT2D eigenvalue weighted by Crippen LogP contribution is -2.50. The zero-order valence-electron chi connectivity index (χ0n) is 10.9. The van der Waals surface area contributed by atoms with Crippen molar-refractivity contribution in [1.82, 2.24) is 10.5 Å². The van der Waals surface area contributed by atoms with Crippen molar-refractivity contribution in [2.24, 2.45) is 5.29 Å². The number of carboxylic acids is 1. The molecular formula is C13H17N3O4. The van der Waals surface area contributed by atoms with Crippen LogP contribution in [-0.2, 0) is 16.2 Å². The summed E-state index contributed by atoms with van der Waals surface area (Å²) < 4.78 is 0. The minimum absolute atomic E-state index is 0.105. The van der Waals surface area contributed by atoms with Crippen LogP contribution in [0, 0.1) is 4.91 Å². The summed E-state index contributed by atoms with van der Waals surface area (Å²) in [5.74, 6) is -1.02. The van der Waals surface area contributed by atoms with E-state index in [9.17, 15) is 9.70 Å². The zero-order valence-corrected chi connectivity index (χ0v) is 10.9. The van der Waals surface area contributed by atoms with E-state index in [4.69, 9.17) is 9.94 Å². The first-order chi connectivity index (χ1) is 9.70. The fraction of sp³-hybridized carbons (Fsp3) is 0.462. The number of piperidine rings is 1. The minimum atomic E-state index is -1.02. The van der Waals surface area contributed by atoms with Gasteiger partial charge in [0.25, 0.3) is 0 Å². The molecule has 20 heavy (non-hydrogen) atoms. The smallest absolute Gasteiger partial charge is 0.328 e. The van der Waals surface area contributed by atoms with Crippen LogP contribution in [0.1, 0.15) is 18.4 Å². The van der Waals surface area contributed by atoms with Gasteiger partial charge in [-0.2, -0.15) is 5.48 Å². The van der Waals surface area contributed by atoms with Crippen LogP contribution in [0.25, 0.3) is 0 Å². The number of nitrogens with zero attached hydrogens (tertiary/aromatic N) is 2. The number of nitrogens with one attached hydrogen (secondary N) is 1. The summed E-state index contributed by atoms with van der Waals surface area (Å²) in [6.45, 7) is 0.642. The van der Waals surface area contributed by atoms with E-state index in [2.05, 4.69) is 10.8 Å². The molecule has 108 valence electrons. The lowest BCUT2D eigenvalue weighted by Gasteiger charge is -2.33. The van der Waals surface area contributed by atoms with Crippen LogP contribution in [-0.4, -0.2) is 34.7 Å². The van der Waals surface area contributed by atoms with Crippen molar-refractivity contribution in [3.05, 3.63) is 40.8 Å². The molecule has 1 heterocycles. The molecule has 1 aromatic rings. The van der Waals surface area contributed by atoms with Gasteiger partial charge >= 0.3 is 5.97 Å². The Labute approximate surface area is 116 Å². The van der Waals surface area contributed by atoms with Crippen molar-refractivity contribution >= 4 is 5.97 Å². The van der Waals surface area contributed by atoms with Gasteiger partial charge in [0.05, 0.1) is 24.5 Å². The van der Waals surface area contributed by atoms with E-state index < -0.39 is 12.0 Å². The summed E-state index contributed by atoms with van der Waals surface area (Å²) in [5.41, 5.74) is 3.89. The van der Waals surface area contributed by atoms with Crippen LogP contribution in [0.4, 0.5) is 0 Å². The van der Waals surface area contributed by atoms with E-state index in [1.165, 1.54) is 0 Å². The minimum Gasteiger partial charge on any atom is -0.480 e. The average molecular weight is 279 g/mol. The highest BCUT2D eigenvalue weighted by molar-refractivity contribution is 5.73. The van der Waals surface area contributed by atoms with E-state index >= 15 is 0 Å². The zero-order chi connectivity index (χ0) is 14.4. The number of aliphatic carboxylic acids is 1. The van der Waals surface area contributed by atoms with Gasteiger partial charge in [-0.05, 0) is 18.4 Å². The highest BCUT2D eigenvalue weighted by Crippen LogP contribution is 2.18. The van der Waals surface area contributed by atoms with Crippen LogP contribution in [0.2, 0.25) is 0 Å². The number of hydroxylamine groups is 1. The van der Waals surface area contributed by atoms with Crippen molar-refractivity contribution in [2.45, 2.75) is 31.5 Å². The lowest BCUT2D eigenvalue weighted by atomic mass is 10.0. The van der Waals surface area contributed by atoms with Crippen LogP contribution in [0.15, 0.2) is 35.6 Å². The van der Waals surface area contributed by atoms with Gasteiger partial charge in [-0.1, -0.05) is 30.3 Å². The summed E-state index contributed by atoms with van der Waals surface area (Å²) in [6.07, 6.45) is 0.991. The third-order valence-corrected chi connectivity index (χ3v) is 3.28. The van der Waals surface area contributed by atoms with Gasteiger partial charge < -0.3 is 5.11 Å². The lowest BCUT2D eigenvalue weighted by molar-refractivity contribution is -0.145. The predicted molar refractivity (Wildman–Crippen MR) is 71.3 cm³/mol. The number of carboxylic acid groups (broad SMARTS) is 1. The first kappa shape index (κ1) is 14.4. The Balaban J connectivity index is 1.77. The molecule has 2 N–H and O–H groups in total. The normalized spacial score (nSPS) is 22.5. The Morgan fingerprint density at radius 3 is 2.80 bits per heavy atom. The molecule has 0 saturated carbocycles. The molecule has 1 aliphatic heterocycles. The van der Waals surface area contributed by atoms with Gasteiger partial charge in [-0.25, -0.2) is 9.80 Å². The van der Waals surface area contributed by atoms with Crippen LogP contribution in [0.3, 0.4) is 0 Å². The van der Waals surface area contributed by atoms with Crippen LogP contribution in [0.5, 0.6) is 0 Å². The van der Waals surface area contributed by atoms with Gasteiger partial charge in [-0.15, -0.1) is 4.91 Å². The molecule has 1 saturated heterocycles. The molecule has 0 radical (unpaired) electrons. The van der Waals surface area contributed by atoms with Crippen LogP contribution >= 0.6 is 0 Å². The molecule has 0 bridgehead atoms. The molecule has 0 spiro atoms. The largest absolute Gasteiger partial charge is 0.480 e. The second-order valence-corrected chi connectivity index (χ2v) is 4.72. The molecule has 1 aromatic carbocycles. The summed E-state index contributed by atoms with van der Waals surface area (Å²) >= 11 is 0. The molecular weight excluding hydrogens is 262 g/mol. The third kappa shape index (κ3) is 3.75. The molecule has 0 amide bonds. The fourth-order valence-corrected chi connectivity index (χ4v) is 2.21. The quantitative estimate of drug-likeness (QED) is 0.602. The predicted octanol–water partition coefficient (Wildman–Crippen LogP) is 1.31. The number of rotatable bonds is 6. The second kappa shape index (κ2) is 6.97. The number of nitroso groups, excluding NO2 is 1. The van der Waals surface area contributed by atoms with Gasteiger partial charge in [0, 0.05) is 0 Å². The SMILES string of the molecule is O=NN1C[C@H](NOCc2ccccc2)CC[C@H]1C(=O)O. The Kier molecular flexibility index (Phi) is 5.03. The molecule has 0 aromatic heterocycles. The van der Waals surface area contributed by atoms with Crippen molar-refractivity contribution in [2.75, 3.05) is 6.54 Å². The fourth-order valence-electron chi connectivity index (χ4n) is 2.21. The highest BCUT2D eigenvalue weighted by Gasteiger charge is 2.33. The molecule has 7 nitrogen and oxygen atoms in total. The molecule has 2 rings (SSSR count). The van der Waals surface area contributed by atoms with E-state index in [0.717, 1.165) is 10.6 Å². The molecule has 1 fully saturated rings. The maximum atomic E-state index is 10.9. The summed E-state index contributed by atoms with van der Waals surface area (Å²) in [4.78, 5) is 27.0. The highest BCUT2D eigenvalue weighted by atomic mass is 16.6. The van der Waals surface area contributed by atoms with Crippen molar-refractivity contribution in [3.63, 3.8) is 0 Å². The Morgan fingerprint density at radius 1 is 1.40 bits per heavy atom. The van der Waals surface area contributed by atoms with Gasteiger partial charge in [0.15, 0.2) is 0 Å². The Morgan fingerprint density at radius 2 is 2.15 bits per heavy atom. The van der Waals surface area contributed by atoms with Gasteiger partial charge in [-0.3, -0.25) is 4.84 Å². The van der Waals surface area contributed by atoms with E-state index in [1.807, 2.05) is 30.3 Å². The van der Waals surface area contributed by atoms with Gasteiger partial charge in [0.1, 0.15) is 6.04 Å². The van der Waals surface area contributed by atoms with Crippen LogP contribution < -0.4 is 5.48 Å². The van der Waals surface area contributed by atoms with E-state index in [0.29, 0.717) is 19.4 Å². The van der Waals surface area contributed by atoms with E-state index in [1.54, 1.807) is 0 Å². The molecule has 7 heteroatoms. The Bertz CT molecular complexity index is 454. The van der Waals surface area contributed by atoms with Crippen molar-refractivity contribution < 1.29 is 14.7 Å². The number of hydrogen-bond donors (Lipinski definition) is 2. The van der Waals surface area contributed by atoms with E-state index in [-0.39, 0.29) is 12.6 Å². The summed E-state index contributed by atoms with van der Waals surface area (Å²) in [6, 6.07) is 8.73. The number of hydrogen-bond acceptors (Lipinski definition) is 5. The average Bonchev–Trinajstić information content (AvgIpc) is 2.48. The maximum absolute atomic E-state index is 10.9. The summed E-state index contributed by atoms with van der Waals surface area (Å²) in [7, 11) is 0. The standard InChI is InChI=1S/C13H17N3O4/c17-13(18)12-7-6-11(8-16(12)15-19)14-20-9-10-4-2-1-3-5-10/h1-5,11-12,14H,6-9H2,(H,17,18)/t11-,12+/m1/s1. The molecule has 2 atom stereocenters. The first-order valence-electron chi connectivity index (χ1n) is 6.44. The topological polar surface area (TPSA) is 91.2 Å². The number of carbonyl (C=O) groups is 1. The van der Waals surface area contributed by atoms with Crippen molar-refractivity contribution in [1.29, 1.82) is 0 Å². The number of benzene rings is 1. The Hall–Kier alpha value is -1.99. The first-order valence-corrected chi connectivity index (χ1v) is 6.44. The van der Waals surface area contributed by atoms with Gasteiger partial charge in [0.2, 0.25) is 0 Å². The van der Waals surface area contributed by atoms with Crippen molar-refractivity contribution in [3.8, 4) is 0 Å². The third-order valence-electron chi connectivity index (χ3n) is 3.28. The second-order valence-electron chi connectivity index (χ2n) is 4.72. The molecule has 0 aliphatic carbocycles. The summed E-state index contributed by atoms with van der Waals surface area (Å²) in [5, 5.41) is 12.8. The molecule has 1 aliphatic rings. The monoisotopic (exact) mass is 279 g/mol.